The van der Waals surface area contributed by atoms with Gasteiger partial charge in [0.1, 0.15) is 0 Å². The van der Waals surface area contributed by atoms with Gasteiger partial charge in [0.15, 0.2) is 0 Å². The van der Waals surface area contributed by atoms with Gasteiger partial charge in [0.25, 0.3) is 5.91 Å². The fourth-order valence-electron chi connectivity index (χ4n) is 3.02. The Kier molecular flexibility index (Phi) is 5.48. The number of nitrogens with one attached hydrogen (secondary N) is 1. The van der Waals surface area contributed by atoms with Gasteiger partial charge in [-0.2, -0.15) is 13.2 Å². The summed E-state index contributed by atoms with van der Waals surface area (Å²) in [6.45, 7) is 0.953. The van der Waals surface area contributed by atoms with E-state index in [9.17, 15) is 22.8 Å². The van der Waals surface area contributed by atoms with Crippen LogP contribution in [0.1, 0.15) is 34.3 Å². The Bertz CT molecular complexity index is 832. The van der Waals surface area contributed by atoms with Gasteiger partial charge in [0.05, 0.1) is 5.56 Å². The number of anilines is 1. The molecule has 4 nitrogen and oxygen atoms in total. The van der Waals surface area contributed by atoms with Crippen LogP contribution in [0.25, 0.3) is 0 Å². The number of amides is 2. The van der Waals surface area contributed by atoms with Crippen molar-refractivity contribution >= 4 is 17.5 Å². The first kappa shape index (κ1) is 18.9. The second-order valence-corrected chi connectivity index (χ2v) is 6.40. The van der Waals surface area contributed by atoms with Crippen molar-refractivity contribution in [1.82, 2.24) is 5.32 Å². The average Bonchev–Trinajstić information content (AvgIpc) is 3.07. The number of halogens is 3. The minimum atomic E-state index is -4.35. The predicted octanol–water partition coefficient (Wildman–Crippen LogP) is 3.80. The van der Waals surface area contributed by atoms with E-state index in [2.05, 4.69) is 5.32 Å². The van der Waals surface area contributed by atoms with Crippen molar-refractivity contribution in [3.8, 4) is 0 Å². The van der Waals surface area contributed by atoms with E-state index in [0.717, 1.165) is 18.6 Å². The van der Waals surface area contributed by atoms with Crippen LogP contribution < -0.4 is 10.2 Å². The molecule has 1 aliphatic rings. The molecule has 1 N–H and O–H groups in total. The fourth-order valence-corrected chi connectivity index (χ4v) is 3.02. The van der Waals surface area contributed by atoms with E-state index < -0.39 is 11.7 Å². The van der Waals surface area contributed by atoms with Crippen LogP contribution in [0.5, 0.6) is 0 Å². The fraction of sp³-hybridized carbons (Fsp3) is 0.300. The van der Waals surface area contributed by atoms with E-state index in [1.165, 1.54) is 12.1 Å². The molecule has 1 fully saturated rings. The van der Waals surface area contributed by atoms with Crippen molar-refractivity contribution in [3.63, 3.8) is 0 Å². The molecule has 0 aromatic heterocycles. The number of carbonyl (C=O) groups is 2. The van der Waals surface area contributed by atoms with Crippen LogP contribution in [0.3, 0.4) is 0 Å². The highest BCUT2D eigenvalue weighted by molar-refractivity contribution is 5.99. The first-order valence-electron chi connectivity index (χ1n) is 8.69. The lowest BCUT2D eigenvalue weighted by atomic mass is 10.1. The smallest absolute Gasteiger partial charge is 0.352 e. The summed E-state index contributed by atoms with van der Waals surface area (Å²) in [6, 6.07) is 11.8. The van der Waals surface area contributed by atoms with Gasteiger partial charge in [-0.25, -0.2) is 0 Å². The largest absolute Gasteiger partial charge is 0.416 e. The summed E-state index contributed by atoms with van der Waals surface area (Å²) in [4.78, 5) is 25.8. The molecule has 2 aromatic carbocycles. The molecule has 0 unspecified atom stereocenters. The Morgan fingerprint density at radius 3 is 2.48 bits per heavy atom. The number of rotatable bonds is 5. The minimum absolute atomic E-state index is 0.0508. The van der Waals surface area contributed by atoms with E-state index in [1.54, 1.807) is 29.2 Å². The van der Waals surface area contributed by atoms with Gasteiger partial charge in [0, 0.05) is 30.8 Å². The summed E-state index contributed by atoms with van der Waals surface area (Å²) >= 11 is 0. The molecule has 2 aromatic rings. The number of nitrogens with zero attached hydrogens (tertiary/aromatic N) is 1. The molecule has 0 atom stereocenters. The standard InChI is InChI=1S/C20H19F3N2O2/c21-20(22,23)16-8-6-14(7-9-16)10-11-24-19(27)15-3-1-4-17(13-15)25-12-2-5-18(25)26/h1,3-4,6-9,13H,2,5,10-12H2,(H,24,27). The molecule has 0 radical (unpaired) electrons. The zero-order valence-electron chi connectivity index (χ0n) is 14.6. The number of alkyl halides is 3. The third-order valence-corrected chi connectivity index (χ3v) is 4.47. The highest BCUT2D eigenvalue weighted by Crippen LogP contribution is 2.29. The number of carbonyl (C=O) groups excluding carboxylic acids is 2. The molecule has 0 aliphatic carbocycles. The van der Waals surface area contributed by atoms with E-state index in [0.29, 0.717) is 42.7 Å². The predicted molar refractivity (Wildman–Crippen MR) is 95.5 cm³/mol. The molecule has 0 spiro atoms. The Morgan fingerprint density at radius 2 is 1.85 bits per heavy atom. The quantitative estimate of drug-likeness (QED) is 0.863. The molecule has 1 aliphatic heterocycles. The molecule has 0 bridgehead atoms. The van der Waals surface area contributed by atoms with Gasteiger partial charge < -0.3 is 10.2 Å². The summed E-state index contributed by atoms with van der Waals surface area (Å²) in [6.07, 6.45) is -2.60. The molecule has 1 saturated heterocycles. The van der Waals surface area contributed by atoms with Crippen molar-refractivity contribution in [2.24, 2.45) is 0 Å². The van der Waals surface area contributed by atoms with Crippen LogP contribution in [0.2, 0.25) is 0 Å². The van der Waals surface area contributed by atoms with Gasteiger partial charge >= 0.3 is 6.18 Å². The van der Waals surface area contributed by atoms with Crippen molar-refractivity contribution in [3.05, 3.63) is 65.2 Å². The monoisotopic (exact) mass is 376 g/mol. The molecule has 1 heterocycles. The molecule has 3 rings (SSSR count). The summed E-state index contributed by atoms with van der Waals surface area (Å²) in [7, 11) is 0. The van der Waals surface area contributed by atoms with E-state index in [-0.39, 0.29) is 11.8 Å². The second kappa shape index (κ2) is 7.82. The normalized spacial score (nSPS) is 14.5. The molecular weight excluding hydrogens is 357 g/mol. The molecular formula is C20H19F3N2O2. The van der Waals surface area contributed by atoms with Crippen LogP contribution in [0.15, 0.2) is 48.5 Å². The summed E-state index contributed by atoms with van der Waals surface area (Å²) in [5, 5.41) is 2.76. The van der Waals surface area contributed by atoms with Gasteiger partial charge in [-0.1, -0.05) is 18.2 Å². The van der Waals surface area contributed by atoms with Gasteiger partial charge in [0.2, 0.25) is 5.91 Å². The Morgan fingerprint density at radius 1 is 1.11 bits per heavy atom. The first-order chi connectivity index (χ1) is 12.8. The number of hydrogen-bond acceptors (Lipinski definition) is 2. The zero-order chi connectivity index (χ0) is 19.4. The summed E-state index contributed by atoms with van der Waals surface area (Å²) in [5.74, 6) is -0.231. The lowest BCUT2D eigenvalue weighted by Crippen LogP contribution is -2.27. The average molecular weight is 376 g/mol. The zero-order valence-corrected chi connectivity index (χ0v) is 14.6. The molecule has 2 amide bonds. The maximum Gasteiger partial charge on any atom is 0.416 e. The number of hydrogen-bond donors (Lipinski definition) is 1. The van der Waals surface area contributed by atoms with Gasteiger partial charge in [-0.05, 0) is 48.7 Å². The van der Waals surface area contributed by atoms with Gasteiger partial charge in [-0.3, -0.25) is 9.59 Å². The SMILES string of the molecule is O=C(NCCc1ccc(C(F)(F)F)cc1)c1cccc(N2CCCC2=O)c1. The van der Waals surface area contributed by atoms with Crippen molar-refractivity contribution < 1.29 is 22.8 Å². The Labute approximate surface area is 155 Å². The molecule has 27 heavy (non-hydrogen) atoms. The lowest BCUT2D eigenvalue weighted by molar-refractivity contribution is -0.137. The molecule has 142 valence electrons. The topological polar surface area (TPSA) is 49.4 Å². The molecule has 7 heteroatoms. The molecule has 0 saturated carbocycles. The van der Waals surface area contributed by atoms with Gasteiger partial charge in [-0.15, -0.1) is 0 Å². The third kappa shape index (κ3) is 4.67. The third-order valence-electron chi connectivity index (χ3n) is 4.47. The number of benzene rings is 2. The van der Waals surface area contributed by atoms with Crippen molar-refractivity contribution in [2.45, 2.75) is 25.4 Å². The van der Waals surface area contributed by atoms with Crippen molar-refractivity contribution in [1.29, 1.82) is 0 Å². The van der Waals surface area contributed by atoms with Crippen LogP contribution in [-0.4, -0.2) is 24.9 Å². The lowest BCUT2D eigenvalue weighted by Gasteiger charge is -2.16. The Balaban J connectivity index is 1.56. The van der Waals surface area contributed by atoms with Crippen LogP contribution in [0.4, 0.5) is 18.9 Å². The van der Waals surface area contributed by atoms with E-state index in [4.69, 9.17) is 0 Å². The maximum atomic E-state index is 12.6. The Hall–Kier alpha value is -2.83. The summed E-state index contributed by atoms with van der Waals surface area (Å²) in [5.41, 5.74) is 1.16. The van der Waals surface area contributed by atoms with Crippen LogP contribution in [-0.2, 0) is 17.4 Å². The van der Waals surface area contributed by atoms with E-state index >= 15 is 0 Å². The highest BCUT2D eigenvalue weighted by Gasteiger charge is 2.29. The second-order valence-electron chi connectivity index (χ2n) is 6.40. The minimum Gasteiger partial charge on any atom is -0.352 e. The highest BCUT2D eigenvalue weighted by atomic mass is 19.4. The van der Waals surface area contributed by atoms with Crippen LogP contribution in [0, 0.1) is 0 Å². The maximum absolute atomic E-state index is 12.6. The van der Waals surface area contributed by atoms with E-state index in [1.807, 2.05) is 0 Å². The van der Waals surface area contributed by atoms with Crippen LogP contribution >= 0.6 is 0 Å². The summed E-state index contributed by atoms with van der Waals surface area (Å²) < 4.78 is 37.7. The van der Waals surface area contributed by atoms with Crippen molar-refractivity contribution in [2.75, 3.05) is 18.0 Å². The first-order valence-corrected chi connectivity index (χ1v) is 8.69.